The lowest BCUT2D eigenvalue weighted by molar-refractivity contribution is -0.157. The molecule has 0 saturated carbocycles. The smallest absolute Gasteiger partial charge is 0.328 e. The predicted octanol–water partition coefficient (Wildman–Crippen LogP) is 2.14. The van der Waals surface area contributed by atoms with Crippen LogP contribution in [0.1, 0.15) is 33.5 Å². The van der Waals surface area contributed by atoms with Gasteiger partial charge in [0.2, 0.25) is 5.91 Å². The van der Waals surface area contributed by atoms with Crippen molar-refractivity contribution >= 4 is 18.0 Å². The zero-order chi connectivity index (χ0) is 14.5. The minimum Gasteiger partial charge on any atom is -0.465 e. The van der Waals surface area contributed by atoms with Gasteiger partial charge in [-0.2, -0.15) is 0 Å². The summed E-state index contributed by atoms with van der Waals surface area (Å²) in [6, 6.07) is 2.75. The Morgan fingerprint density at radius 1 is 1.42 bits per heavy atom. The molecule has 1 amide bonds. The number of hydrogen-bond acceptors (Lipinski definition) is 4. The first-order chi connectivity index (χ1) is 8.78. The van der Waals surface area contributed by atoms with Crippen LogP contribution in [0.25, 0.3) is 6.08 Å². The Labute approximate surface area is 112 Å². The summed E-state index contributed by atoms with van der Waals surface area (Å²) in [5.41, 5.74) is -0.569. The summed E-state index contributed by atoms with van der Waals surface area (Å²) in [5, 5.41) is 2.52. The molecule has 0 saturated heterocycles. The molecule has 1 rings (SSSR count). The molecule has 1 atom stereocenters. The molecule has 0 fully saturated rings. The van der Waals surface area contributed by atoms with E-state index in [0.29, 0.717) is 5.76 Å². The molecule has 1 aromatic rings. The Morgan fingerprint density at radius 3 is 2.63 bits per heavy atom. The summed E-state index contributed by atoms with van der Waals surface area (Å²) in [4.78, 5) is 23.2. The van der Waals surface area contributed by atoms with Gasteiger partial charge in [-0.3, -0.25) is 4.79 Å². The number of carbonyl (C=O) groups is 2. The Balaban J connectivity index is 2.46. The number of esters is 1. The van der Waals surface area contributed by atoms with Crippen molar-refractivity contribution in [1.82, 2.24) is 5.32 Å². The largest absolute Gasteiger partial charge is 0.465 e. The van der Waals surface area contributed by atoms with Crippen molar-refractivity contribution in [3.8, 4) is 0 Å². The van der Waals surface area contributed by atoms with Gasteiger partial charge in [0.05, 0.1) is 6.26 Å². The van der Waals surface area contributed by atoms with E-state index in [1.54, 1.807) is 39.8 Å². The first kappa shape index (κ1) is 15.0. The SMILES string of the molecule is C[C@@H](NC(=O)/C=C/c1ccco1)C(=O)OC(C)(C)C. The van der Waals surface area contributed by atoms with Gasteiger partial charge in [-0.05, 0) is 45.9 Å². The number of hydrogen-bond donors (Lipinski definition) is 1. The molecule has 19 heavy (non-hydrogen) atoms. The van der Waals surface area contributed by atoms with E-state index < -0.39 is 17.6 Å². The molecule has 5 heteroatoms. The first-order valence-electron chi connectivity index (χ1n) is 6.03. The van der Waals surface area contributed by atoms with Crippen LogP contribution in [0.2, 0.25) is 0 Å². The highest BCUT2D eigenvalue weighted by Crippen LogP contribution is 2.08. The van der Waals surface area contributed by atoms with Crippen LogP contribution in [0, 0.1) is 0 Å². The van der Waals surface area contributed by atoms with Gasteiger partial charge in [0.25, 0.3) is 0 Å². The van der Waals surface area contributed by atoms with Gasteiger partial charge in [0.15, 0.2) is 0 Å². The second-order valence-electron chi connectivity index (χ2n) is 5.11. The molecular weight excluding hydrogens is 246 g/mol. The van der Waals surface area contributed by atoms with E-state index >= 15 is 0 Å². The summed E-state index contributed by atoms with van der Waals surface area (Å²) >= 11 is 0. The van der Waals surface area contributed by atoms with Crippen LogP contribution in [-0.4, -0.2) is 23.5 Å². The zero-order valence-electron chi connectivity index (χ0n) is 11.6. The molecule has 0 aromatic carbocycles. The molecular formula is C14H19NO4. The average molecular weight is 265 g/mol. The predicted molar refractivity (Wildman–Crippen MR) is 71.2 cm³/mol. The maximum absolute atomic E-state index is 11.6. The number of rotatable bonds is 4. The van der Waals surface area contributed by atoms with Crippen molar-refractivity contribution in [1.29, 1.82) is 0 Å². The van der Waals surface area contributed by atoms with Crippen LogP contribution >= 0.6 is 0 Å². The molecule has 0 aliphatic carbocycles. The maximum atomic E-state index is 11.6. The van der Waals surface area contributed by atoms with E-state index in [-0.39, 0.29) is 5.91 Å². The lowest BCUT2D eigenvalue weighted by Crippen LogP contribution is -2.41. The molecule has 5 nitrogen and oxygen atoms in total. The normalized spacial score (nSPS) is 13.3. The third-order valence-electron chi connectivity index (χ3n) is 2.06. The van der Waals surface area contributed by atoms with Crippen LogP contribution < -0.4 is 5.32 Å². The van der Waals surface area contributed by atoms with Crippen LogP contribution in [-0.2, 0) is 14.3 Å². The molecule has 0 aliphatic heterocycles. The topological polar surface area (TPSA) is 68.5 Å². The van der Waals surface area contributed by atoms with Crippen LogP contribution in [0.3, 0.4) is 0 Å². The van der Waals surface area contributed by atoms with Crippen molar-refractivity contribution in [2.75, 3.05) is 0 Å². The standard InChI is InChI=1S/C14H19NO4/c1-10(13(17)19-14(2,3)4)15-12(16)8-7-11-6-5-9-18-11/h5-10H,1-4H3,(H,15,16)/b8-7+/t10-/m1/s1. The molecule has 104 valence electrons. The molecule has 0 radical (unpaired) electrons. The Kier molecular flexibility index (Phi) is 4.92. The molecule has 0 spiro atoms. The minimum absolute atomic E-state index is 0.380. The van der Waals surface area contributed by atoms with Crippen molar-refractivity contribution in [3.63, 3.8) is 0 Å². The Hall–Kier alpha value is -2.04. The summed E-state index contributed by atoms with van der Waals surface area (Å²) < 4.78 is 10.2. The van der Waals surface area contributed by atoms with Crippen molar-refractivity contribution in [2.24, 2.45) is 0 Å². The van der Waals surface area contributed by atoms with Crippen molar-refractivity contribution in [2.45, 2.75) is 39.3 Å². The fourth-order valence-electron chi connectivity index (χ4n) is 1.25. The highest BCUT2D eigenvalue weighted by Gasteiger charge is 2.22. The maximum Gasteiger partial charge on any atom is 0.328 e. The van der Waals surface area contributed by atoms with Gasteiger partial charge in [-0.15, -0.1) is 0 Å². The molecule has 1 heterocycles. The van der Waals surface area contributed by atoms with E-state index in [2.05, 4.69) is 5.32 Å². The quantitative estimate of drug-likeness (QED) is 0.669. The first-order valence-corrected chi connectivity index (χ1v) is 6.03. The molecule has 0 unspecified atom stereocenters. The monoisotopic (exact) mass is 265 g/mol. The van der Waals surface area contributed by atoms with Gasteiger partial charge in [0.1, 0.15) is 17.4 Å². The molecule has 0 aliphatic rings. The number of furan rings is 1. The van der Waals surface area contributed by atoms with Crippen LogP contribution in [0.5, 0.6) is 0 Å². The second kappa shape index (κ2) is 6.22. The van der Waals surface area contributed by atoms with E-state index in [0.717, 1.165) is 0 Å². The van der Waals surface area contributed by atoms with Crippen molar-refractivity contribution in [3.05, 3.63) is 30.2 Å². The van der Waals surface area contributed by atoms with Gasteiger partial charge in [0, 0.05) is 6.08 Å². The highest BCUT2D eigenvalue weighted by molar-refractivity contribution is 5.94. The summed E-state index contributed by atoms with van der Waals surface area (Å²) in [7, 11) is 0. The zero-order valence-corrected chi connectivity index (χ0v) is 11.6. The number of nitrogens with one attached hydrogen (secondary N) is 1. The number of amides is 1. The van der Waals surface area contributed by atoms with Gasteiger partial charge in [-0.25, -0.2) is 4.79 Å². The molecule has 1 aromatic heterocycles. The third-order valence-corrected chi connectivity index (χ3v) is 2.06. The minimum atomic E-state index is -0.701. The lowest BCUT2D eigenvalue weighted by atomic mass is 10.2. The van der Waals surface area contributed by atoms with Crippen LogP contribution in [0.4, 0.5) is 0 Å². The fraction of sp³-hybridized carbons (Fsp3) is 0.429. The van der Waals surface area contributed by atoms with Gasteiger partial charge >= 0.3 is 5.97 Å². The fourth-order valence-corrected chi connectivity index (χ4v) is 1.25. The van der Waals surface area contributed by atoms with Gasteiger partial charge in [-0.1, -0.05) is 0 Å². The molecule has 0 bridgehead atoms. The number of carbonyl (C=O) groups excluding carboxylic acids is 2. The lowest BCUT2D eigenvalue weighted by Gasteiger charge is -2.22. The van der Waals surface area contributed by atoms with E-state index in [4.69, 9.17) is 9.15 Å². The summed E-state index contributed by atoms with van der Waals surface area (Å²) in [5.74, 6) is -0.276. The van der Waals surface area contributed by atoms with E-state index in [1.165, 1.54) is 18.4 Å². The second-order valence-corrected chi connectivity index (χ2v) is 5.11. The molecule has 1 N–H and O–H groups in total. The Bertz CT molecular complexity index is 454. The summed E-state index contributed by atoms with van der Waals surface area (Å²) in [6.07, 6.45) is 4.34. The van der Waals surface area contributed by atoms with Crippen LogP contribution in [0.15, 0.2) is 28.9 Å². The van der Waals surface area contributed by atoms with Crippen molar-refractivity contribution < 1.29 is 18.7 Å². The van der Waals surface area contributed by atoms with E-state index in [1.807, 2.05) is 0 Å². The number of ether oxygens (including phenoxy) is 1. The summed E-state index contributed by atoms with van der Waals surface area (Å²) in [6.45, 7) is 6.90. The highest BCUT2D eigenvalue weighted by atomic mass is 16.6. The van der Waals surface area contributed by atoms with Gasteiger partial charge < -0.3 is 14.5 Å². The van der Waals surface area contributed by atoms with E-state index in [9.17, 15) is 9.59 Å². The Morgan fingerprint density at radius 2 is 2.11 bits per heavy atom. The third kappa shape index (κ3) is 5.90. The average Bonchev–Trinajstić information content (AvgIpc) is 2.76.